The molecule has 4 rings (SSSR count). The molecule has 1 aromatic carbocycles. The minimum Gasteiger partial charge on any atom is -0.340 e. The number of pyridine rings is 1. The van der Waals surface area contributed by atoms with Crippen LogP contribution < -0.4 is 5.32 Å². The molecule has 3 aromatic rings. The maximum atomic E-state index is 12.7. The quantitative estimate of drug-likeness (QED) is 0.721. The molecule has 1 aliphatic rings. The lowest BCUT2D eigenvalue weighted by Crippen LogP contribution is -2.22. The van der Waals surface area contributed by atoms with Gasteiger partial charge in [0.25, 0.3) is 5.91 Å². The van der Waals surface area contributed by atoms with Crippen LogP contribution in [0.1, 0.15) is 29.0 Å². The van der Waals surface area contributed by atoms with Crippen molar-refractivity contribution in [2.75, 3.05) is 25.0 Å². The number of hydrogen-bond donors (Lipinski definition) is 2. The van der Waals surface area contributed by atoms with Gasteiger partial charge in [-0.2, -0.15) is 0 Å². The molecule has 134 valence electrons. The van der Waals surface area contributed by atoms with Gasteiger partial charge in [0.2, 0.25) is 0 Å². The first-order valence-electron chi connectivity index (χ1n) is 8.82. The number of hydrogen-bond acceptors (Lipinski definition) is 4. The molecule has 1 amide bonds. The molecule has 1 aliphatic heterocycles. The number of aromatic nitrogens is 3. The average Bonchev–Trinajstić information content (AvgIpc) is 3.28. The Bertz CT molecular complexity index is 933. The largest absolute Gasteiger partial charge is 0.340 e. The van der Waals surface area contributed by atoms with E-state index < -0.39 is 0 Å². The lowest BCUT2D eigenvalue weighted by atomic mass is 10.2. The Labute approximate surface area is 156 Å². The van der Waals surface area contributed by atoms with Crippen molar-refractivity contribution in [3.05, 3.63) is 52.9 Å². The number of halogens is 1. The summed E-state index contributed by atoms with van der Waals surface area (Å²) in [5.74, 6) is 0.650. The second-order valence-electron chi connectivity index (χ2n) is 6.50. The number of rotatable bonds is 5. The van der Waals surface area contributed by atoms with E-state index in [4.69, 9.17) is 11.6 Å². The van der Waals surface area contributed by atoms with E-state index in [1.165, 1.54) is 12.8 Å². The molecule has 7 heteroatoms. The summed E-state index contributed by atoms with van der Waals surface area (Å²) in [6.07, 6.45) is 4.98. The zero-order valence-corrected chi connectivity index (χ0v) is 15.1. The van der Waals surface area contributed by atoms with Gasteiger partial charge in [0.05, 0.1) is 11.1 Å². The number of nitrogens with zero attached hydrogens (tertiary/aromatic N) is 3. The van der Waals surface area contributed by atoms with E-state index in [0.717, 1.165) is 31.9 Å². The fraction of sp³-hybridized carbons (Fsp3) is 0.316. The Kier molecular flexibility index (Phi) is 4.86. The lowest BCUT2D eigenvalue weighted by Gasteiger charge is -2.12. The smallest absolute Gasteiger partial charge is 0.257 e. The fourth-order valence-corrected chi connectivity index (χ4v) is 3.49. The molecule has 1 saturated heterocycles. The minimum absolute atomic E-state index is 0.214. The SMILES string of the molecule is O=C(Nc1cccc(Cl)c1)c1ccnc2nc(CCN3CCCC3)[nH]c12. The number of benzene rings is 1. The zero-order valence-electron chi connectivity index (χ0n) is 14.3. The molecule has 26 heavy (non-hydrogen) atoms. The fourth-order valence-electron chi connectivity index (χ4n) is 3.30. The third kappa shape index (κ3) is 3.71. The molecule has 0 bridgehead atoms. The van der Waals surface area contributed by atoms with Gasteiger partial charge in [-0.15, -0.1) is 0 Å². The summed E-state index contributed by atoms with van der Waals surface area (Å²) in [6, 6.07) is 8.78. The van der Waals surface area contributed by atoms with Crippen LogP contribution >= 0.6 is 11.6 Å². The highest BCUT2D eigenvalue weighted by atomic mass is 35.5. The first kappa shape index (κ1) is 17.0. The number of carbonyl (C=O) groups excluding carboxylic acids is 1. The van der Waals surface area contributed by atoms with E-state index in [9.17, 15) is 4.79 Å². The van der Waals surface area contributed by atoms with Crippen molar-refractivity contribution in [3.8, 4) is 0 Å². The maximum Gasteiger partial charge on any atom is 0.257 e. The number of fused-ring (bicyclic) bond motifs is 1. The number of H-pyrrole nitrogens is 1. The van der Waals surface area contributed by atoms with Crippen LogP contribution in [0.4, 0.5) is 5.69 Å². The minimum atomic E-state index is -0.214. The molecule has 0 atom stereocenters. The predicted molar refractivity (Wildman–Crippen MR) is 103 cm³/mol. The molecule has 6 nitrogen and oxygen atoms in total. The summed E-state index contributed by atoms with van der Waals surface area (Å²) in [5, 5.41) is 3.45. The number of aromatic amines is 1. The van der Waals surface area contributed by atoms with Crippen LogP contribution in [-0.4, -0.2) is 45.4 Å². The van der Waals surface area contributed by atoms with E-state index in [2.05, 4.69) is 25.2 Å². The molecule has 0 radical (unpaired) electrons. The molecule has 3 heterocycles. The van der Waals surface area contributed by atoms with Crippen LogP contribution in [0, 0.1) is 0 Å². The topological polar surface area (TPSA) is 73.9 Å². The van der Waals surface area contributed by atoms with Crippen LogP contribution in [0.3, 0.4) is 0 Å². The average molecular weight is 370 g/mol. The molecule has 1 fully saturated rings. The van der Waals surface area contributed by atoms with Crippen molar-refractivity contribution in [3.63, 3.8) is 0 Å². The van der Waals surface area contributed by atoms with Crippen molar-refractivity contribution in [1.82, 2.24) is 19.9 Å². The van der Waals surface area contributed by atoms with E-state index in [-0.39, 0.29) is 5.91 Å². The van der Waals surface area contributed by atoms with E-state index >= 15 is 0 Å². The van der Waals surface area contributed by atoms with Crippen molar-refractivity contribution >= 4 is 34.4 Å². The number of carbonyl (C=O) groups is 1. The first-order chi connectivity index (χ1) is 12.7. The van der Waals surface area contributed by atoms with Crippen molar-refractivity contribution in [2.24, 2.45) is 0 Å². The molecule has 0 spiro atoms. The third-order valence-corrected chi connectivity index (χ3v) is 4.87. The summed E-state index contributed by atoms with van der Waals surface area (Å²) in [4.78, 5) is 27.2. The van der Waals surface area contributed by atoms with Gasteiger partial charge in [-0.05, 0) is 50.2 Å². The Hall–Kier alpha value is -2.44. The van der Waals surface area contributed by atoms with E-state index in [1.54, 1.807) is 36.5 Å². The molecule has 0 unspecified atom stereocenters. The standard InChI is InChI=1S/C19H20ClN5O/c20-13-4-3-5-14(12-13)22-19(26)15-6-8-21-18-17(15)23-16(24-18)7-11-25-9-1-2-10-25/h3-6,8,12H,1-2,7,9-11H2,(H,22,26)(H,21,23,24). The van der Waals surface area contributed by atoms with E-state index in [0.29, 0.717) is 27.4 Å². The maximum absolute atomic E-state index is 12.7. The second kappa shape index (κ2) is 7.43. The summed E-state index contributed by atoms with van der Waals surface area (Å²) in [6.45, 7) is 3.29. The normalized spacial score (nSPS) is 14.8. The summed E-state index contributed by atoms with van der Waals surface area (Å²) in [5.41, 5.74) is 2.42. The number of amides is 1. The summed E-state index contributed by atoms with van der Waals surface area (Å²) >= 11 is 5.98. The van der Waals surface area contributed by atoms with Gasteiger partial charge in [0.15, 0.2) is 5.65 Å². The summed E-state index contributed by atoms with van der Waals surface area (Å²) < 4.78 is 0. The van der Waals surface area contributed by atoms with Gasteiger partial charge in [0.1, 0.15) is 5.82 Å². The Morgan fingerprint density at radius 2 is 2.12 bits per heavy atom. The highest BCUT2D eigenvalue weighted by Gasteiger charge is 2.16. The van der Waals surface area contributed by atoms with Gasteiger partial charge in [-0.3, -0.25) is 4.79 Å². The molecule has 0 aliphatic carbocycles. The second-order valence-corrected chi connectivity index (χ2v) is 6.94. The first-order valence-corrected chi connectivity index (χ1v) is 9.20. The molecular weight excluding hydrogens is 350 g/mol. The molecular formula is C19H20ClN5O. The highest BCUT2D eigenvalue weighted by molar-refractivity contribution is 6.31. The van der Waals surface area contributed by atoms with Gasteiger partial charge < -0.3 is 15.2 Å². The van der Waals surface area contributed by atoms with Crippen molar-refractivity contribution < 1.29 is 4.79 Å². The number of likely N-dealkylation sites (tertiary alicyclic amines) is 1. The highest BCUT2D eigenvalue weighted by Crippen LogP contribution is 2.19. The van der Waals surface area contributed by atoms with Gasteiger partial charge in [0, 0.05) is 29.9 Å². The molecule has 2 N–H and O–H groups in total. The van der Waals surface area contributed by atoms with Gasteiger partial charge in [-0.1, -0.05) is 17.7 Å². The lowest BCUT2D eigenvalue weighted by molar-refractivity contribution is 0.102. The third-order valence-electron chi connectivity index (χ3n) is 4.63. The monoisotopic (exact) mass is 369 g/mol. The number of imidazole rings is 1. The van der Waals surface area contributed by atoms with Crippen LogP contribution in [0.5, 0.6) is 0 Å². The Morgan fingerprint density at radius 3 is 2.92 bits per heavy atom. The Morgan fingerprint density at radius 1 is 1.27 bits per heavy atom. The summed E-state index contributed by atoms with van der Waals surface area (Å²) in [7, 11) is 0. The Balaban J connectivity index is 1.53. The van der Waals surface area contributed by atoms with Crippen LogP contribution in [0.15, 0.2) is 36.5 Å². The molecule has 2 aromatic heterocycles. The molecule has 0 saturated carbocycles. The van der Waals surface area contributed by atoms with Crippen molar-refractivity contribution in [1.29, 1.82) is 0 Å². The zero-order chi connectivity index (χ0) is 17.9. The van der Waals surface area contributed by atoms with Crippen LogP contribution in [0.2, 0.25) is 5.02 Å². The van der Waals surface area contributed by atoms with E-state index in [1.807, 2.05) is 0 Å². The van der Waals surface area contributed by atoms with Gasteiger partial charge in [-0.25, -0.2) is 9.97 Å². The predicted octanol–water partition coefficient (Wildman–Crippen LogP) is 3.50. The van der Waals surface area contributed by atoms with Crippen LogP contribution in [-0.2, 0) is 6.42 Å². The van der Waals surface area contributed by atoms with Gasteiger partial charge >= 0.3 is 0 Å². The van der Waals surface area contributed by atoms with Crippen LogP contribution in [0.25, 0.3) is 11.2 Å². The van der Waals surface area contributed by atoms with Crippen molar-refractivity contribution in [2.45, 2.75) is 19.3 Å². The number of nitrogens with one attached hydrogen (secondary N) is 2. The number of anilines is 1.